The first kappa shape index (κ1) is 32.1. The third-order valence-corrected chi connectivity index (χ3v) is 6.52. The van der Waals surface area contributed by atoms with Gasteiger partial charge in [0.1, 0.15) is 0 Å². The van der Waals surface area contributed by atoms with Gasteiger partial charge in [0, 0.05) is 12.8 Å². The molecule has 0 unspecified atom stereocenters. The van der Waals surface area contributed by atoms with Gasteiger partial charge in [0.25, 0.3) is 0 Å². The van der Waals surface area contributed by atoms with Crippen molar-refractivity contribution in [2.45, 2.75) is 58.8 Å². The van der Waals surface area contributed by atoms with Gasteiger partial charge in [-0.3, -0.25) is 9.59 Å². The minimum atomic E-state index is -0.180. The van der Waals surface area contributed by atoms with Gasteiger partial charge in [-0.2, -0.15) is 10.2 Å². The third-order valence-electron chi connectivity index (χ3n) is 5.31. The summed E-state index contributed by atoms with van der Waals surface area (Å²) in [6.45, 7) is 4.47. The lowest BCUT2D eigenvalue weighted by atomic mass is 10.1. The van der Waals surface area contributed by atoms with Gasteiger partial charge in [-0.05, 0) is 93.9 Å². The molecule has 0 saturated carbocycles. The standard InChI is InChI=1S/C27H34Br2N4O6/c1-3-38-22-14-18(12-20(28)26(22)36)16-30-32-24(34)10-8-6-5-7-9-11-25(35)33-31-17-19-13-21(29)27(37)23(15-19)39-4-2/h12-17,36-37H,3-11H2,1-2H3,(H,32,34)(H,33,35). The molecule has 0 aliphatic heterocycles. The highest BCUT2D eigenvalue weighted by molar-refractivity contribution is 9.11. The van der Waals surface area contributed by atoms with Crippen LogP contribution < -0.4 is 20.3 Å². The van der Waals surface area contributed by atoms with Crippen LogP contribution in [0.2, 0.25) is 0 Å². The van der Waals surface area contributed by atoms with Crippen molar-refractivity contribution in [1.29, 1.82) is 0 Å². The van der Waals surface area contributed by atoms with Crippen molar-refractivity contribution < 1.29 is 29.3 Å². The summed E-state index contributed by atoms with van der Waals surface area (Å²) in [4.78, 5) is 24.0. The summed E-state index contributed by atoms with van der Waals surface area (Å²) < 4.78 is 11.7. The zero-order valence-electron chi connectivity index (χ0n) is 22.0. The fraction of sp³-hybridized carbons (Fsp3) is 0.407. The first-order valence-corrected chi connectivity index (χ1v) is 14.3. The minimum Gasteiger partial charge on any atom is -0.503 e. The number of rotatable bonds is 16. The number of carbonyl (C=O) groups excluding carboxylic acids is 2. The zero-order chi connectivity index (χ0) is 28.6. The van der Waals surface area contributed by atoms with E-state index in [9.17, 15) is 19.8 Å². The molecule has 0 radical (unpaired) electrons. The lowest BCUT2D eigenvalue weighted by Gasteiger charge is -2.08. The molecule has 212 valence electrons. The summed E-state index contributed by atoms with van der Waals surface area (Å²) in [5.41, 5.74) is 6.34. The van der Waals surface area contributed by atoms with Crippen LogP contribution in [0.3, 0.4) is 0 Å². The molecule has 2 aromatic rings. The molecule has 0 bridgehead atoms. The Balaban J connectivity index is 1.59. The van der Waals surface area contributed by atoms with Crippen LogP contribution in [0.25, 0.3) is 0 Å². The summed E-state index contributed by atoms with van der Waals surface area (Å²) in [7, 11) is 0. The predicted molar refractivity (Wildman–Crippen MR) is 158 cm³/mol. The van der Waals surface area contributed by atoms with Gasteiger partial charge in [0.15, 0.2) is 23.0 Å². The molecule has 2 rings (SSSR count). The van der Waals surface area contributed by atoms with Gasteiger partial charge in [-0.15, -0.1) is 0 Å². The Labute approximate surface area is 245 Å². The number of phenolic OH excluding ortho intramolecular Hbond substituents is 2. The quantitative estimate of drug-likeness (QED) is 0.102. The molecule has 39 heavy (non-hydrogen) atoms. The summed E-state index contributed by atoms with van der Waals surface area (Å²) in [6.07, 6.45) is 7.79. The molecule has 4 N–H and O–H groups in total. The second-order valence-electron chi connectivity index (χ2n) is 8.42. The van der Waals surface area contributed by atoms with Crippen LogP contribution in [0.5, 0.6) is 23.0 Å². The predicted octanol–water partition coefficient (Wildman–Crippen LogP) is 5.75. The molecule has 0 heterocycles. The molecule has 0 aromatic heterocycles. The number of carbonyl (C=O) groups is 2. The Morgan fingerprint density at radius 1 is 0.744 bits per heavy atom. The third kappa shape index (κ3) is 11.7. The van der Waals surface area contributed by atoms with Crippen LogP contribution >= 0.6 is 31.9 Å². The molecule has 10 nitrogen and oxygen atoms in total. The van der Waals surface area contributed by atoms with Crippen LogP contribution in [0.4, 0.5) is 0 Å². The maximum atomic E-state index is 12.0. The van der Waals surface area contributed by atoms with Crippen molar-refractivity contribution in [2.24, 2.45) is 10.2 Å². The topological polar surface area (TPSA) is 142 Å². The van der Waals surface area contributed by atoms with E-state index in [-0.39, 0.29) is 23.3 Å². The normalized spacial score (nSPS) is 11.2. The monoisotopic (exact) mass is 668 g/mol. The average molecular weight is 670 g/mol. The highest BCUT2D eigenvalue weighted by atomic mass is 79.9. The number of halogens is 2. The summed E-state index contributed by atoms with van der Waals surface area (Å²) in [5.74, 6) is 0.347. The lowest BCUT2D eigenvalue weighted by Crippen LogP contribution is -2.17. The molecule has 0 aliphatic carbocycles. The Kier molecular flexibility index (Phi) is 14.4. The van der Waals surface area contributed by atoms with E-state index in [1.165, 1.54) is 12.4 Å². The summed E-state index contributed by atoms with van der Waals surface area (Å²) in [6, 6.07) is 6.62. The molecular formula is C27H34Br2N4O6. The van der Waals surface area contributed by atoms with Gasteiger partial charge < -0.3 is 19.7 Å². The number of hydrogen-bond donors (Lipinski definition) is 4. The molecule has 0 spiro atoms. The maximum absolute atomic E-state index is 12.0. The number of amides is 2. The van der Waals surface area contributed by atoms with E-state index >= 15 is 0 Å². The van der Waals surface area contributed by atoms with E-state index in [0.29, 0.717) is 57.6 Å². The fourth-order valence-electron chi connectivity index (χ4n) is 3.44. The number of hydrogen-bond acceptors (Lipinski definition) is 8. The fourth-order valence-corrected chi connectivity index (χ4v) is 4.36. The minimum absolute atomic E-state index is 0.0167. The van der Waals surface area contributed by atoms with E-state index in [0.717, 1.165) is 32.1 Å². The molecule has 2 aromatic carbocycles. The molecule has 0 fully saturated rings. The molecular weight excluding hydrogens is 636 g/mol. The number of nitrogens with one attached hydrogen (secondary N) is 2. The maximum Gasteiger partial charge on any atom is 0.240 e. The smallest absolute Gasteiger partial charge is 0.240 e. The zero-order valence-corrected chi connectivity index (χ0v) is 25.2. The van der Waals surface area contributed by atoms with Gasteiger partial charge in [-0.25, -0.2) is 10.9 Å². The number of nitrogens with zero attached hydrogens (tertiary/aromatic N) is 2. The van der Waals surface area contributed by atoms with E-state index in [1.807, 2.05) is 13.8 Å². The van der Waals surface area contributed by atoms with E-state index in [1.54, 1.807) is 24.3 Å². The molecule has 2 amide bonds. The van der Waals surface area contributed by atoms with E-state index < -0.39 is 0 Å². The second-order valence-corrected chi connectivity index (χ2v) is 10.1. The van der Waals surface area contributed by atoms with Crippen LogP contribution in [-0.4, -0.2) is 47.7 Å². The number of benzene rings is 2. The van der Waals surface area contributed by atoms with Gasteiger partial charge in [0.2, 0.25) is 11.8 Å². The first-order chi connectivity index (χ1) is 18.7. The Morgan fingerprint density at radius 2 is 1.13 bits per heavy atom. The molecule has 12 heteroatoms. The van der Waals surface area contributed by atoms with Crippen LogP contribution in [0, 0.1) is 0 Å². The highest BCUT2D eigenvalue weighted by Gasteiger charge is 2.10. The summed E-state index contributed by atoms with van der Waals surface area (Å²) in [5, 5.41) is 27.8. The number of unbranched alkanes of at least 4 members (excludes halogenated alkanes) is 4. The lowest BCUT2D eigenvalue weighted by molar-refractivity contribution is -0.121. The SMILES string of the molecule is CCOc1cc(C=NNC(=O)CCCCCCCC(=O)NN=Cc2cc(Br)c(O)c(OCC)c2)cc(Br)c1O. The number of ether oxygens (including phenoxy) is 2. The van der Waals surface area contributed by atoms with Gasteiger partial charge >= 0.3 is 0 Å². The molecule has 0 atom stereocenters. The Bertz CT molecular complexity index is 1080. The van der Waals surface area contributed by atoms with E-state index in [4.69, 9.17) is 9.47 Å². The van der Waals surface area contributed by atoms with Crippen molar-refractivity contribution in [3.05, 3.63) is 44.3 Å². The average Bonchev–Trinajstić information content (AvgIpc) is 2.89. The van der Waals surface area contributed by atoms with Crippen molar-refractivity contribution in [1.82, 2.24) is 10.9 Å². The number of aromatic hydroxyl groups is 2. The Hall–Kier alpha value is -3.12. The highest BCUT2D eigenvalue weighted by Crippen LogP contribution is 2.36. The molecule has 0 saturated heterocycles. The van der Waals surface area contributed by atoms with E-state index in [2.05, 4.69) is 52.9 Å². The van der Waals surface area contributed by atoms with Crippen molar-refractivity contribution in [3.63, 3.8) is 0 Å². The number of hydrazone groups is 2. The largest absolute Gasteiger partial charge is 0.503 e. The van der Waals surface area contributed by atoms with Gasteiger partial charge in [0.05, 0.1) is 34.6 Å². The van der Waals surface area contributed by atoms with Crippen molar-refractivity contribution in [2.75, 3.05) is 13.2 Å². The first-order valence-electron chi connectivity index (χ1n) is 12.7. The van der Waals surface area contributed by atoms with Gasteiger partial charge in [-0.1, -0.05) is 19.3 Å². The van der Waals surface area contributed by atoms with Crippen molar-refractivity contribution in [3.8, 4) is 23.0 Å². The Morgan fingerprint density at radius 3 is 1.51 bits per heavy atom. The number of phenols is 2. The molecule has 0 aliphatic rings. The summed E-state index contributed by atoms with van der Waals surface area (Å²) >= 11 is 6.53. The van der Waals surface area contributed by atoms with Crippen LogP contribution in [-0.2, 0) is 9.59 Å². The second kappa shape index (κ2) is 17.5. The van der Waals surface area contributed by atoms with Crippen molar-refractivity contribution >= 4 is 56.1 Å². The van der Waals surface area contributed by atoms with Crippen LogP contribution in [0.1, 0.15) is 69.9 Å². The van der Waals surface area contributed by atoms with Crippen LogP contribution in [0.15, 0.2) is 43.4 Å².